The summed E-state index contributed by atoms with van der Waals surface area (Å²) in [6, 6.07) is 8.49. The van der Waals surface area contributed by atoms with Crippen LogP contribution in [0.5, 0.6) is 5.75 Å². The summed E-state index contributed by atoms with van der Waals surface area (Å²) in [5.74, 6) is -0.584. The lowest BCUT2D eigenvalue weighted by Gasteiger charge is -2.13. The van der Waals surface area contributed by atoms with Gasteiger partial charge in [-0.05, 0) is 28.7 Å². The van der Waals surface area contributed by atoms with Gasteiger partial charge in [0.05, 0.1) is 29.5 Å². The van der Waals surface area contributed by atoms with E-state index in [1.54, 1.807) is 18.2 Å². The summed E-state index contributed by atoms with van der Waals surface area (Å²) in [5.41, 5.74) is 1.68. The highest BCUT2D eigenvalue weighted by Gasteiger charge is 2.28. The monoisotopic (exact) mass is 421 g/mol. The highest BCUT2D eigenvalue weighted by atomic mass is 32.2. The minimum Gasteiger partial charge on any atom is -0.508 e. The van der Waals surface area contributed by atoms with Crippen molar-refractivity contribution in [2.24, 2.45) is 0 Å². The number of sulfone groups is 1. The van der Waals surface area contributed by atoms with Crippen molar-refractivity contribution < 1.29 is 37.5 Å². The first-order valence-electron chi connectivity index (χ1n) is 8.70. The number of hydrogen-bond acceptors (Lipinski definition) is 8. The molecule has 2 aromatic rings. The molecule has 0 unspecified atom stereocenters. The molecule has 1 amide bonds. The summed E-state index contributed by atoms with van der Waals surface area (Å²) in [7, 11) is -3.53. The van der Waals surface area contributed by atoms with E-state index in [4.69, 9.17) is 14.1 Å². The van der Waals surface area contributed by atoms with Gasteiger partial charge in [0.1, 0.15) is 12.4 Å². The molecule has 0 fully saturated rings. The van der Waals surface area contributed by atoms with Crippen LogP contribution in [0.15, 0.2) is 41.3 Å². The van der Waals surface area contributed by atoms with E-state index in [0.29, 0.717) is 11.0 Å². The molecule has 0 aliphatic carbocycles. The Hall–Kier alpha value is -2.60. The number of nitrogens with one attached hydrogen (secondary N) is 1. The van der Waals surface area contributed by atoms with Crippen molar-refractivity contribution in [3.8, 4) is 5.75 Å². The third-order valence-corrected chi connectivity index (χ3v) is 6.02. The predicted octanol–water partition coefficient (Wildman–Crippen LogP) is 0.779. The van der Waals surface area contributed by atoms with Gasteiger partial charge in [-0.25, -0.2) is 13.2 Å². The van der Waals surface area contributed by atoms with Gasteiger partial charge in [0, 0.05) is 13.2 Å². The van der Waals surface area contributed by atoms with Crippen LogP contribution in [-0.2, 0) is 36.3 Å². The van der Waals surface area contributed by atoms with Crippen LogP contribution in [0, 0.1) is 0 Å². The van der Waals surface area contributed by atoms with Gasteiger partial charge in [-0.1, -0.05) is 18.2 Å². The maximum absolute atomic E-state index is 13.0. The number of anilines is 1. The fourth-order valence-corrected chi connectivity index (χ4v) is 4.40. The summed E-state index contributed by atoms with van der Waals surface area (Å²) in [6.45, 7) is 0.440. The number of ether oxygens (including phenoxy) is 2. The van der Waals surface area contributed by atoms with Crippen molar-refractivity contribution in [2.45, 2.75) is 17.3 Å². The zero-order valence-corrected chi connectivity index (χ0v) is 16.4. The number of benzene rings is 2. The van der Waals surface area contributed by atoms with Crippen LogP contribution in [0.1, 0.15) is 11.1 Å². The Labute approximate surface area is 168 Å². The first-order valence-corrected chi connectivity index (χ1v) is 10.4. The van der Waals surface area contributed by atoms with E-state index in [0.717, 1.165) is 11.6 Å². The Morgan fingerprint density at radius 3 is 2.79 bits per heavy atom. The number of carbonyl (C=O) groups excluding carboxylic acids is 1. The van der Waals surface area contributed by atoms with Crippen LogP contribution in [0.25, 0.3) is 0 Å². The number of rotatable bonds is 7. The van der Waals surface area contributed by atoms with Crippen LogP contribution in [-0.4, -0.2) is 52.1 Å². The number of fused-ring (bicyclic) bond motifs is 1. The van der Waals surface area contributed by atoms with E-state index in [2.05, 4.69) is 5.32 Å². The zero-order chi connectivity index (χ0) is 21.0. The molecule has 11 heteroatoms. The van der Waals surface area contributed by atoms with Gasteiger partial charge in [0.15, 0.2) is 9.84 Å². The van der Waals surface area contributed by atoms with Gasteiger partial charge in [0.2, 0.25) is 0 Å². The van der Waals surface area contributed by atoms with E-state index < -0.39 is 23.0 Å². The topological polar surface area (TPSA) is 131 Å². The standard InChI is InChI=1S/C18H20BNO8S/c1-26-6-7-27-18(22)20-16-9-14(21)4-5-17(16)29(24,25)11-12-2-3-13-10-28-19(23)15(13)8-12/h2-5,8-9,21,23H,6-7,10-11H2,1H3,(H,20,22). The van der Waals surface area contributed by atoms with E-state index in [1.165, 1.54) is 19.2 Å². The molecule has 1 aliphatic heterocycles. The molecular formula is C18H20BNO8S. The maximum atomic E-state index is 13.0. The quantitative estimate of drug-likeness (QED) is 0.442. The van der Waals surface area contributed by atoms with Crippen molar-refractivity contribution in [3.63, 3.8) is 0 Å². The summed E-state index contributed by atoms with van der Waals surface area (Å²) in [5, 5.41) is 21.9. The minimum atomic E-state index is -3.89. The molecule has 29 heavy (non-hydrogen) atoms. The number of methoxy groups -OCH3 is 1. The minimum absolute atomic E-state index is 0.0112. The Morgan fingerprint density at radius 2 is 2.03 bits per heavy atom. The van der Waals surface area contributed by atoms with Crippen LogP contribution in [0.2, 0.25) is 0 Å². The van der Waals surface area contributed by atoms with Crippen LogP contribution < -0.4 is 10.8 Å². The normalized spacial score (nSPS) is 13.2. The third-order valence-electron chi connectivity index (χ3n) is 4.29. The molecule has 2 aromatic carbocycles. The lowest BCUT2D eigenvalue weighted by Crippen LogP contribution is -2.28. The lowest BCUT2D eigenvalue weighted by atomic mass is 9.79. The molecule has 0 saturated heterocycles. The van der Waals surface area contributed by atoms with Crippen molar-refractivity contribution in [2.75, 3.05) is 25.6 Å². The molecule has 0 radical (unpaired) electrons. The second kappa shape index (κ2) is 8.83. The van der Waals surface area contributed by atoms with Crippen molar-refractivity contribution in [1.82, 2.24) is 0 Å². The van der Waals surface area contributed by atoms with Crippen molar-refractivity contribution >= 4 is 34.2 Å². The fraction of sp³-hybridized carbons (Fsp3) is 0.278. The SMILES string of the molecule is COCCOC(=O)Nc1cc(O)ccc1S(=O)(=O)Cc1ccc2c(c1)B(O)OC2. The fourth-order valence-electron chi connectivity index (χ4n) is 2.90. The van der Waals surface area contributed by atoms with Gasteiger partial charge in [0.25, 0.3) is 0 Å². The second-order valence-electron chi connectivity index (χ2n) is 6.39. The number of amides is 1. The van der Waals surface area contributed by atoms with Crippen LogP contribution in [0.4, 0.5) is 10.5 Å². The summed E-state index contributed by atoms with van der Waals surface area (Å²) >= 11 is 0. The van der Waals surface area contributed by atoms with Crippen LogP contribution >= 0.6 is 0 Å². The lowest BCUT2D eigenvalue weighted by molar-refractivity contribution is 0.107. The predicted molar refractivity (Wildman–Crippen MR) is 105 cm³/mol. The number of phenolic OH excluding ortho intramolecular Hbond substituents is 1. The van der Waals surface area contributed by atoms with Gasteiger partial charge in [-0.2, -0.15) is 0 Å². The van der Waals surface area contributed by atoms with Crippen LogP contribution in [0.3, 0.4) is 0 Å². The first-order chi connectivity index (χ1) is 13.8. The Morgan fingerprint density at radius 1 is 1.24 bits per heavy atom. The maximum Gasteiger partial charge on any atom is 0.491 e. The van der Waals surface area contributed by atoms with E-state index in [-0.39, 0.29) is 41.9 Å². The Balaban J connectivity index is 1.83. The molecule has 3 N–H and O–H groups in total. The summed E-state index contributed by atoms with van der Waals surface area (Å²) < 4.78 is 40.7. The number of hydrogen-bond donors (Lipinski definition) is 3. The molecule has 0 aromatic heterocycles. The molecule has 0 spiro atoms. The average Bonchev–Trinajstić information content (AvgIpc) is 3.02. The molecule has 0 atom stereocenters. The second-order valence-corrected chi connectivity index (χ2v) is 8.35. The average molecular weight is 421 g/mol. The van der Waals surface area contributed by atoms with E-state index in [9.17, 15) is 23.3 Å². The van der Waals surface area contributed by atoms with Crippen molar-refractivity contribution in [3.05, 3.63) is 47.5 Å². The molecule has 0 bridgehead atoms. The molecule has 154 valence electrons. The van der Waals surface area contributed by atoms with Gasteiger partial charge >= 0.3 is 13.2 Å². The van der Waals surface area contributed by atoms with Gasteiger partial charge < -0.3 is 24.3 Å². The highest BCUT2D eigenvalue weighted by molar-refractivity contribution is 7.90. The largest absolute Gasteiger partial charge is 0.508 e. The zero-order valence-electron chi connectivity index (χ0n) is 15.6. The van der Waals surface area contributed by atoms with Gasteiger partial charge in [-0.15, -0.1) is 0 Å². The number of carbonyl (C=O) groups is 1. The van der Waals surface area contributed by atoms with E-state index in [1.807, 2.05) is 0 Å². The van der Waals surface area contributed by atoms with Crippen molar-refractivity contribution in [1.29, 1.82) is 0 Å². The number of aromatic hydroxyl groups is 1. The number of phenols is 1. The summed E-state index contributed by atoms with van der Waals surface area (Å²) in [6.07, 6.45) is -0.873. The molecule has 0 saturated carbocycles. The van der Waals surface area contributed by atoms with Gasteiger partial charge in [-0.3, -0.25) is 5.32 Å². The third kappa shape index (κ3) is 5.07. The molecule has 9 nitrogen and oxygen atoms in total. The molecule has 1 aliphatic rings. The highest BCUT2D eigenvalue weighted by Crippen LogP contribution is 2.29. The Kier molecular flexibility index (Phi) is 6.43. The smallest absolute Gasteiger partial charge is 0.491 e. The van der Waals surface area contributed by atoms with E-state index >= 15 is 0 Å². The Bertz CT molecular complexity index is 1010. The summed E-state index contributed by atoms with van der Waals surface area (Å²) in [4.78, 5) is 11.7. The first kappa shape index (κ1) is 21.1. The molecule has 3 rings (SSSR count). The molecule has 1 heterocycles. The molecular weight excluding hydrogens is 401 g/mol.